The number of phenolic OH excluding ortho intramolecular Hbond substituents is 1. The standard InChI is InChI=1S/C21H26INO6/c1-4-5-23-19(25)12-6-10(2)21(27)13(17(12)20(23)26)9-15(29-21)11-7-14(22)18(24)16(8-11)28-3/h7-8,10,12-13,15,17,24,27H,4-6,9H2,1-3H3/t10-,12-,13-,15-,17-,21+/m0/s1. The average molecular weight is 515 g/mol. The number of halogens is 1. The van der Waals surface area contributed by atoms with Crippen LogP contribution in [0.4, 0.5) is 0 Å². The number of likely N-dealkylation sites (tertiary alicyclic amines) is 1. The molecule has 2 heterocycles. The van der Waals surface area contributed by atoms with E-state index in [4.69, 9.17) is 9.47 Å². The molecule has 2 N–H and O–H groups in total. The van der Waals surface area contributed by atoms with Crippen molar-refractivity contribution < 1.29 is 29.3 Å². The van der Waals surface area contributed by atoms with E-state index < -0.39 is 23.7 Å². The lowest BCUT2D eigenvalue weighted by Crippen LogP contribution is -2.52. The molecule has 4 rings (SSSR count). The fourth-order valence-corrected chi connectivity index (χ4v) is 5.92. The number of phenols is 1. The summed E-state index contributed by atoms with van der Waals surface area (Å²) >= 11 is 2.02. The number of hydrogen-bond acceptors (Lipinski definition) is 6. The molecule has 0 aromatic heterocycles. The van der Waals surface area contributed by atoms with Gasteiger partial charge in [-0.3, -0.25) is 14.5 Å². The monoisotopic (exact) mass is 515 g/mol. The Hall–Kier alpha value is -1.39. The van der Waals surface area contributed by atoms with Crippen LogP contribution in [0, 0.1) is 27.2 Å². The zero-order chi connectivity index (χ0) is 21.1. The Kier molecular flexibility index (Phi) is 5.31. The van der Waals surface area contributed by atoms with Crippen LogP contribution >= 0.6 is 22.6 Å². The Morgan fingerprint density at radius 3 is 2.69 bits per heavy atom. The van der Waals surface area contributed by atoms with Crippen LogP contribution in [0.3, 0.4) is 0 Å². The number of carbonyl (C=O) groups excluding carboxylic acids is 2. The summed E-state index contributed by atoms with van der Waals surface area (Å²) in [6, 6.07) is 3.51. The van der Waals surface area contributed by atoms with Gasteiger partial charge in [-0.1, -0.05) is 13.8 Å². The van der Waals surface area contributed by atoms with E-state index in [1.807, 2.05) is 36.4 Å². The van der Waals surface area contributed by atoms with Gasteiger partial charge >= 0.3 is 0 Å². The maximum absolute atomic E-state index is 13.1. The molecular weight excluding hydrogens is 489 g/mol. The van der Waals surface area contributed by atoms with Gasteiger partial charge < -0.3 is 19.7 Å². The summed E-state index contributed by atoms with van der Waals surface area (Å²) in [5, 5.41) is 21.6. The number of benzene rings is 1. The summed E-state index contributed by atoms with van der Waals surface area (Å²) in [7, 11) is 1.48. The Labute approximate surface area is 183 Å². The number of amides is 2. The molecule has 0 bridgehead atoms. The van der Waals surface area contributed by atoms with Crippen LogP contribution in [0.25, 0.3) is 0 Å². The van der Waals surface area contributed by atoms with Crippen LogP contribution in [-0.4, -0.2) is 46.4 Å². The summed E-state index contributed by atoms with van der Waals surface area (Å²) in [5.41, 5.74) is 0.776. The first-order chi connectivity index (χ1) is 13.7. The summed E-state index contributed by atoms with van der Waals surface area (Å²) in [4.78, 5) is 27.3. The van der Waals surface area contributed by atoms with E-state index in [0.717, 1.165) is 5.56 Å². The zero-order valence-corrected chi connectivity index (χ0v) is 18.9. The summed E-state index contributed by atoms with van der Waals surface area (Å²) in [5.74, 6) is -2.99. The maximum Gasteiger partial charge on any atom is 0.233 e. The quantitative estimate of drug-likeness (QED) is 0.473. The maximum atomic E-state index is 13.1. The third-order valence-electron chi connectivity index (χ3n) is 6.73. The van der Waals surface area contributed by atoms with Crippen molar-refractivity contribution in [2.24, 2.45) is 23.7 Å². The summed E-state index contributed by atoms with van der Waals surface area (Å²) in [6.45, 7) is 4.24. The molecule has 0 radical (unpaired) electrons. The molecule has 29 heavy (non-hydrogen) atoms. The average Bonchev–Trinajstić information content (AvgIpc) is 3.15. The fourth-order valence-electron chi connectivity index (χ4n) is 5.30. The number of rotatable bonds is 4. The van der Waals surface area contributed by atoms with Crippen molar-refractivity contribution in [2.45, 2.75) is 45.0 Å². The molecule has 1 saturated carbocycles. The number of methoxy groups -OCH3 is 1. The van der Waals surface area contributed by atoms with Gasteiger partial charge in [0.1, 0.15) is 0 Å². The van der Waals surface area contributed by atoms with Gasteiger partial charge in [-0.2, -0.15) is 0 Å². The second-order valence-corrected chi connectivity index (χ2v) is 9.51. The Morgan fingerprint density at radius 1 is 1.31 bits per heavy atom. The summed E-state index contributed by atoms with van der Waals surface area (Å²) < 4.78 is 12.0. The van der Waals surface area contributed by atoms with Crippen LogP contribution in [-0.2, 0) is 14.3 Å². The largest absolute Gasteiger partial charge is 0.504 e. The Balaban J connectivity index is 1.69. The van der Waals surface area contributed by atoms with Crippen LogP contribution in [0.2, 0.25) is 0 Å². The van der Waals surface area contributed by atoms with Crippen molar-refractivity contribution in [1.29, 1.82) is 0 Å². The molecule has 1 aromatic carbocycles. The predicted octanol–water partition coefficient (Wildman–Crippen LogP) is 2.82. The van der Waals surface area contributed by atoms with Gasteiger partial charge in [0.05, 0.1) is 28.6 Å². The predicted molar refractivity (Wildman–Crippen MR) is 112 cm³/mol. The molecule has 8 heteroatoms. The van der Waals surface area contributed by atoms with Crippen molar-refractivity contribution >= 4 is 34.4 Å². The number of aromatic hydroxyl groups is 1. The molecule has 6 atom stereocenters. The molecule has 1 aliphatic carbocycles. The van der Waals surface area contributed by atoms with Crippen LogP contribution in [0.5, 0.6) is 11.5 Å². The van der Waals surface area contributed by atoms with Gasteiger partial charge in [0.25, 0.3) is 0 Å². The minimum atomic E-state index is -1.46. The van der Waals surface area contributed by atoms with E-state index in [0.29, 0.717) is 35.1 Å². The van der Waals surface area contributed by atoms with Gasteiger partial charge in [-0.25, -0.2) is 0 Å². The van der Waals surface area contributed by atoms with Crippen LogP contribution in [0.1, 0.15) is 44.8 Å². The van der Waals surface area contributed by atoms with Gasteiger partial charge in [0.15, 0.2) is 17.3 Å². The normalized spacial score (nSPS) is 36.3. The molecule has 3 aliphatic rings. The van der Waals surface area contributed by atoms with Crippen molar-refractivity contribution in [3.63, 3.8) is 0 Å². The Bertz CT molecular complexity index is 860. The van der Waals surface area contributed by atoms with Crippen molar-refractivity contribution in [2.75, 3.05) is 13.7 Å². The molecule has 2 aliphatic heterocycles. The summed E-state index contributed by atoms with van der Waals surface area (Å²) in [6.07, 6.45) is 1.14. The first-order valence-corrected chi connectivity index (χ1v) is 11.1. The number of carbonyl (C=O) groups is 2. The highest BCUT2D eigenvalue weighted by Gasteiger charge is 2.65. The zero-order valence-electron chi connectivity index (χ0n) is 16.7. The number of nitrogens with zero attached hydrogens (tertiary/aromatic N) is 1. The molecule has 3 fully saturated rings. The Morgan fingerprint density at radius 2 is 2.03 bits per heavy atom. The minimum Gasteiger partial charge on any atom is -0.504 e. The topological polar surface area (TPSA) is 96.3 Å². The third kappa shape index (κ3) is 3.06. The van der Waals surface area contributed by atoms with Gasteiger partial charge in [-0.15, -0.1) is 0 Å². The number of imide groups is 1. The first-order valence-electron chi connectivity index (χ1n) is 10.0. The van der Waals surface area contributed by atoms with Gasteiger partial charge in [0, 0.05) is 18.4 Å². The smallest absolute Gasteiger partial charge is 0.233 e. The van der Waals surface area contributed by atoms with Crippen molar-refractivity contribution in [3.8, 4) is 11.5 Å². The minimum absolute atomic E-state index is 0.0613. The number of aliphatic hydroxyl groups is 1. The lowest BCUT2D eigenvalue weighted by molar-refractivity contribution is -0.265. The van der Waals surface area contributed by atoms with E-state index >= 15 is 0 Å². The highest BCUT2D eigenvalue weighted by Crippen LogP contribution is 2.58. The molecular formula is C21H26INO6. The van der Waals surface area contributed by atoms with Crippen LogP contribution in [0.15, 0.2) is 12.1 Å². The van der Waals surface area contributed by atoms with Gasteiger partial charge in [-0.05, 0) is 59.5 Å². The number of fused-ring (bicyclic) bond motifs is 3. The molecule has 2 amide bonds. The van der Waals surface area contributed by atoms with E-state index in [1.165, 1.54) is 12.0 Å². The lowest BCUT2D eigenvalue weighted by Gasteiger charge is -2.43. The molecule has 0 unspecified atom stereocenters. The second-order valence-electron chi connectivity index (χ2n) is 8.35. The molecule has 1 aromatic rings. The highest BCUT2D eigenvalue weighted by atomic mass is 127. The molecule has 158 valence electrons. The highest BCUT2D eigenvalue weighted by molar-refractivity contribution is 14.1. The lowest BCUT2D eigenvalue weighted by atomic mass is 9.65. The fraction of sp³-hybridized carbons (Fsp3) is 0.619. The number of ether oxygens (including phenoxy) is 2. The molecule has 2 saturated heterocycles. The van der Waals surface area contributed by atoms with Crippen molar-refractivity contribution in [3.05, 3.63) is 21.3 Å². The van der Waals surface area contributed by atoms with Crippen molar-refractivity contribution in [1.82, 2.24) is 4.90 Å². The first kappa shape index (κ1) is 20.9. The van der Waals surface area contributed by atoms with E-state index in [1.54, 1.807) is 12.1 Å². The van der Waals surface area contributed by atoms with E-state index in [9.17, 15) is 19.8 Å². The molecule has 7 nitrogen and oxygen atoms in total. The van der Waals surface area contributed by atoms with E-state index in [2.05, 4.69) is 0 Å². The SMILES string of the molecule is CCCN1C(=O)[C@H]2[C@H](C[C@H](C)[C@@]3(O)O[C@H](c4cc(I)c(O)c(OC)c4)C[C@@H]23)C1=O. The van der Waals surface area contributed by atoms with E-state index in [-0.39, 0.29) is 29.4 Å². The van der Waals surface area contributed by atoms with Crippen LogP contribution < -0.4 is 4.74 Å². The number of hydrogen-bond donors (Lipinski definition) is 2. The third-order valence-corrected chi connectivity index (χ3v) is 7.56. The molecule has 0 spiro atoms. The second kappa shape index (κ2) is 7.39. The van der Waals surface area contributed by atoms with Gasteiger partial charge in [0.2, 0.25) is 11.8 Å².